The van der Waals surface area contributed by atoms with Crippen LogP contribution >= 0.6 is 0 Å². The van der Waals surface area contributed by atoms with Crippen molar-refractivity contribution in [2.75, 3.05) is 42.3 Å². The van der Waals surface area contributed by atoms with Crippen molar-refractivity contribution in [3.8, 4) is 0 Å². The van der Waals surface area contributed by atoms with Crippen LogP contribution in [0.2, 0.25) is 0 Å². The van der Waals surface area contributed by atoms with Gasteiger partial charge in [0.25, 0.3) is 0 Å². The van der Waals surface area contributed by atoms with E-state index in [1.165, 1.54) is 16.6 Å². The normalized spacial score (nSPS) is 15.6. The molecule has 154 valence electrons. The van der Waals surface area contributed by atoms with Gasteiger partial charge in [-0.25, -0.2) is 24.2 Å². The fourth-order valence-electron chi connectivity index (χ4n) is 3.00. The molecule has 1 saturated heterocycles. The van der Waals surface area contributed by atoms with Crippen LogP contribution in [-0.2, 0) is 10.0 Å². The van der Waals surface area contributed by atoms with Gasteiger partial charge in [0.1, 0.15) is 5.82 Å². The fourth-order valence-corrected chi connectivity index (χ4v) is 4.09. The van der Waals surface area contributed by atoms with Gasteiger partial charge in [-0.2, -0.15) is 4.31 Å². The van der Waals surface area contributed by atoms with E-state index < -0.39 is 10.0 Å². The quantitative estimate of drug-likeness (QED) is 0.298. The van der Waals surface area contributed by atoms with Crippen molar-refractivity contribution >= 4 is 33.5 Å². The molecular formula is C19H24N6O3S. The number of carbonyl (C=O) groups is 1. The number of nitrogens with zero attached hydrogens (tertiary/aromatic N) is 4. The number of rotatable bonds is 7. The second kappa shape index (κ2) is 9.12. The van der Waals surface area contributed by atoms with Crippen molar-refractivity contribution < 1.29 is 13.2 Å². The van der Waals surface area contributed by atoms with Crippen molar-refractivity contribution in [1.29, 1.82) is 0 Å². The number of hydrazine groups is 1. The van der Waals surface area contributed by atoms with Crippen molar-refractivity contribution in [3.63, 3.8) is 0 Å². The van der Waals surface area contributed by atoms with Crippen molar-refractivity contribution in [2.45, 2.75) is 6.92 Å². The van der Waals surface area contributed by atoms with E-state index in [1.807, 2.05) is 35.2 Å². The fraction of sp³-hybridized carbons (Fsp3) is 0.316. The number of aromatic nitrogens is 2. The molecule has 2 aromatic rings. The maximum absolute atomic E-state index is 12.7. The first-order valence-electron chi connectivity index (χ1n) is 9.28. The Balaban J connectivity index is 1.77. The molecule has 2 heterocycles. The molecule has 0 amide bonds. The number of allylic oxidation sites excluding steroid dienone is 1. The van der Waals surface area contributed by atoms with E-state index in [0.717, 1.165) is 5.56 Å². The summed E-state index contributed by atoms with van der Waals surface area (Å²) >= 11 is 0. The van der Waals surface area contributed by atoms with Crippen LogP contribution in [0.3, 0.4) is 0 Å². The molecule has 0 saturated carbocycles. The lowest BCUT2D eigenvalue weighted by molar-refractivity contribution is 0.104. The highest BCUT2D eigenvalue weighted by atomic mass is 32.2. The SMILES string of the molecule is CCS(=O)(=O)N1CCN(c2cnc(NN)c(C(=O)C=Cc3ccccc3)n2)CC1. The molecule has 0 aliphatic carbocycles. The van der Waals surface area contributed by atoms with E-state index in [2.05, 4.69) is 15.4 Å². The Hall–Kier alpha value is -2.82. The molecule has 0 bridgehead atoms. The molecule has 1 aliphatic rings. The van der Waals surface area contributed by atoms with Crippen LogP contribution in [0.1, 0.15) is 23.0 Å². The first-order valence-corrected chi connectivity index (χ1v) is 10.9. The number of nitrogen functional groups attached to an aromatic ring is 1. The van der Waals surface area contributed by atoms with Crippen LogP contribution in [0.5, 0.6) is 0 Å². The molecule has 29 heavy (non-hydrogen) atoms. The van der Waals surface area contributed by atoms with Crippen molar-refractivity contribution in [2.24, 2.45) is 5.84 Å². The second-order valence-corrected chi connectivity index (χ2v) is 8.72. The Bertz CT molecular complexity index is 986. The van der Waals surface area contributed by atoms with Crippen LogP contribution in [0.15, 0.2) is 42.6 Å². The molecule has 1 aromatic heterocycles. The van der Waals surface area contributed by atoms with Gasteiger partial charge >= 0.3 is 0 Å². The highest BCUT2D eigenvalue weighted by molar-refractivity contribution is 7.89. The van der Waals surface area contributed by atoms with E-state index in [0.29, 0.717) is 32.0 Å². The smallest absolute Gasteiger partial charge is 0.213 e. The molecule has 0 atom stereocenters. The van der Waals surface area contributed by atoms with Gasteiger partial charge in [-0.1, -0.05) is 36.4 Å². The topological polar surface area (TPSA) is 122 Å². The minimum absolute atomic E-state index is 0.0794. The Labute approximate surface area is 170 Å². The highest BCUT2D eigenvalue weighted by Gasteiger charge is 2.26. The Kier molecular flexibility index (Phi) is 6.57. The summed E-state index contributed by atoms with van der Waals surface area (Å²) < 4.78 is 25.5. The molecule has 0 spiro atoms. The lowest BCUT2D eigenvalue weighted by Gasteiger charge is -2.34. The van der Waals surface area contributed by atoms with Crippen LogP contribution in [0.4, 0.5) is 11.6 Å². The summed E-state index contributed by atoms with van der Waals surface area (Å²) in [6, 6.07) is 9.44. The number of nitrogens with two attached hydrogens (primary N) is 1. The average molecular weight is 417 g/mol. The van der Waals surface area contributed by atoms with Crippen LogP contribution in [0, 0.1) is 0 Å². The van der Waals surface area contributed by atoms with E-state index in [-0.39, 0.29) is 23.0 Å². The third kappa shape index (κ3) is 4.97. The van der Waals surface area contributed by atoms with Crippen molar-refractivity contribution in [1.82, 2.24) is 14.3 Å². The first kappa shape index (κ1) is 20.9. The molecule has 1 aromatic carbocycles. The number of carbonyl (C=O) groups excluding carboxylic acids is 1. The Morgan fingerprint density at radius 3 is 2.52 bits per heavy atom. The Morgan fingerprint density at radius 1 is 1.21 bits per heavy atom. The molecule has 0 unspecified atom stereocenters. The van der Waals surface area contributed by atoms with Crippen LogP contribution < -0.4 is 16.2 Å². The molecule has 0 radical (unpaired) electrons. The summed E-state index contributed by atoms with van der Waals surface area (Å²) in [5.74, 6) is 5.93. The number of benzene rings is 1. The van der Waals surface area contributed by atoms with Gasteiger partial charge in [-0.05, 0) is 18.6 Å². The summed E-state index contributed by atoms with van der Waals surface area (Å²) in [5, 5.41) is 0. The lowest BCUT2D eigenvalue weighted by Crippen LogP contribution is -2.49. The number of sulfonamides is 1. The maximum Gasteiger partial charge on any atom is 0.213 e. The first-order chi connectivity index (χ1) is 13.9. The zero-order chi connectivity index (χ0) is 20.9. The van der Waals surface area contributed by atoms with E-state index in [4.69, 9.17) is 5.84 Å². The minimum Gasteiger partial charge on any atom is -0.353 e. The van der Waals surface area contributed by atoms with Gasteiger partial charge in [0, 0.05) is 26.2 Å². The van der Waals surface area contributed by atoms with E-state index in [9.17, 15) is 13.2 Å². The van der Waals surface area contributed by atoms with E-state index in [1.54, 1.807) is 13.0 Å². The largest absolute Gasteiger partial charge is 0.353 e. The van der Waals surface area contributed by atoms with Gasteiger partial charge in [0.2, 0.25) is 15.8 Å². The highest BCUT2D eigenvalue weighted by Crippen LogP contribution is 2.19. The van der Waals surface area contributed by atoms with Crippen LogP contribution in [-0.4, -0.2) is 60.4 Å². The minimum atomic E-state index is -3.21. The van der Waals surface area contributed by atoms with Gasteiger partial charge in [-0.15, -0.1) is 0 Å². The van der Waals surface area contributed by atoms with Gasteiger partial charge in [-0.3, -0.25) is 4.79 Å². The summed E-state index contributed by atoms with van der Waals surface area (Å²) in [6.45, 7) is 3.30. The lowest BCUT2D eigenvalue weighted by atomic mass is 10.1. The van der Waals surface area contributed by atoms with Gasteiger partial charge < -0.3 is 10.3 Å². The molecule has 1 aliphatic heterocycles. The van der Waals surface area contributed by atoms with Gasteiger partial charge in [0.05, 0.1) is 11.9 Å². The maximum atomic E-state index is 12.7. The number of nitrogens with one attached hydrogen (secondary N) is 1. The van der Waals surface area contributed by atoms with Crippen LogP contribution in [0.25, 0.3) is 6.08 Å². The predicted molar refractivity (Wildman–Crippen MR) is 113 cm³/mol. The molecule has 1 fully saturated rings. The van der Waals surface area contributed by atoms with Gasteiger partial charge in [0.15, 0.2) is 11.5 Å². The molecule has 9 nitrogen and oxygen atoms in total. The number of hydrogen-bond donors (Lipinski definition) is 2. The number of piperazine rings is 1. The summed E-state index contributed by atoms with van der Waals surface area (Å²) in [5.41, 5.74) is 3.41. The standard InChI is InChI=1S/C19H24N6O3S/c1-2-29(27,28)25-12-10-24(11-13-25)17-14-21-19(23-20)18(22-17)16(26)9-8-15-6-4-3-5-7-15/h3-9,14H,2,10-13,20H2,1H3,(H,21,23). The average Bonchev–Trinajstić information content (AvgIpc) is 2.77. The molecular weight excluding hydrogens is 392 g/mol. The summed E-state index contributed by atoms with van der Waals surface area (Å²) in [6.07, 6.45) is 4.65. The monoisotopic (exact) mass is 416 g/mol. The summed E-state index contributed by atoms with van der Waals surface area (Å²) in [7, 11) is -3.21. The van der Waals surface area contributed by atoms with E-state index >= 15 is 0 Å². The van der Waals surface area contributed by atoms with Crippen molar-refractivity contribution in [3.05, 3.63) is 53.9 Å². The third-order valence-electron chi connectivity index (χ3n) is 4.68. The zero-order valence-electron chi connectivity index (χ0n) is 16.2. The third-order valence-corrected chi connectivity index (χ3v) is 6.56. The molecule has 10 heteroatoms. The molecule has 3 rings (SSSR count). The summed E-state index contributed by atoms with van der Waals surface area (Å²) in [4.78, 5) is 23.2. The predicted octanol–water partition coefficient (Wildman–Crippen LogP) is 1.13. The second-order valence-electron chi connectivity index (χ2n) is 6.46. The number of anilines is 2. The number of ketones is 1. The Morgan fingerprint density at radius 2 is 1.90 bits per heavy atom. The molecule has 3 N–H and O–H groups in total. The number of hydrogen-bond acceptors (Lipinski definition) is 8. The zero-order valence-corrected chi connectivity index (χ0v) is 17.0.